The molecule has 136 valence electrons. The summed E-state index contributed by atoms with van der Waals surface area (Å²) in [6.45, 7) is 0.722. The fraction of sp³-hybridized carbons (Fsp3) is 0.300. The van der Waals surface area contributed by atoms with Crippen molar-refractivity contribution >= 4 is 11.8 Å². The van der Waals surface area contributed by atoms with E-state index < -0.39 is 11.9 Å². The molecule has 0 bridgehead atoms. The van der Waals surface area contributed by atoms with Gasteiger partial charge < -0.3 is 15.0 Å². The summed E-state index contributed by atoms with van der Waals surface area (Å²) in [5, 5.41) is 2.72. The number of benzene rings is 2. The summed E-state index contributed by atoms with van der Waals surface area (Å²) in [5.74, 6) is -0.301. The second kappa shape index (κ2) is 7.99. The third kappa shape index (κ3) is 3.69. The van der Waals surface area contributed by atoms with Crippen molar-refractivity contribution in [2.45, 2.75) is 18.9 Å². The minimum atomic E-state index is -0.935. The third-order valence-electron chi connectivity index (χ3n) is 4.53. The zero-order valence-corrected chi connectivity index (χ0v) is 14.6. The summed E-state index contributed by atoms with van der Waals surface area (Å²) in [4.78, 5) is 26.6. The minimum absolute atomic E-state index is 0.181. The van der Waals surface area contributed by atoms with E-state index in [0.29, 0.717) is 19.5 Å². The maximum Gasteiger partial charge on any atom is 0.247 e. The van der Waals surface area contributed by atoms with Gasteiger partial charge in [0.2, 0.25) is 11.8 Å². The van der Waals surface area contributed by atoms with Gasteiger partial charge in [0.15, 0.2) is 0 Å². The Labute approximate surface area is 151 Å². The molecule has 1 aliphatic rings. The molecular formula is C20H21FN2O3. The van der Waals surface area contributed by atoms with E-state index in [0.717, 1.165) is 11.3 Å². The van der Waals surface area contributed by atoms with Crippen LogP contribution in [0.15, 0.2) is 48.5 Å². The van der Waals surface area contributed by atoms with Gasteiger partial charge in [0.05, 0.1) is 7.11 Å². The zero-order chi connectivity index (χ0) is 18.5. The Kier molecular flexibility index (Phi) is 5.51. The highest BCUT2D eigenvalue weighted by Gasteiger charge is 2.35. The second-order valence-electron chi connectivity index (χ2n) is 6.11. The quantitative estimate of drug-likeness (QED) is 0.895. The van der Waals surface area contributed by atoms with Gasteiger partial charge in [0.25, 0.3) is 0 Å². The number of hydrogen-bond acceptors (Lipinski definition) is 3. The maximum atomic E-state index is 14.2. The van der Waals surface area contributed by atoms with Crippen LogP contribution in [0.3, 0.4) is 0 Å². The van der Waals surface area contributed by atoms with E-state index in [-0.39, 0.29) is 23.8 Å². The Morgan fingerprint density at radius 3 is 2.73 bits per heavy atom. The van der Waals surface area contributed by atoms with Gasteiger partial charge >= 0.3 is 0 Å². The highest BCUT2D eigenvalue weighted by atomic mass is 19.1. The van der Waals surface area contributed by atoms with Crippen molar-refractivity contribution in [3.63, 3.8) is 0 Å². The van der Waals surface area contributed by atoms with Crippen LogP contribution in [0.5, 0.6) is 5.75 Å². The molecule has 1 fully saturated rings. The predicted octanol–water partition coefficient (Wildman–Crippen LogP) is 2.47. The van der Waals surface area contributed by atoms with Crippen molar-refractivity contribution in [1.82, 2.24) is 10.2 Å². The lowest BCUT2D eigenvalue weighted by Crippen LogP contribution is -2.52. The molecule has 1 N–H and O–H groups in total. The summed E-state index contributed by atoms with van der Waals surface area (Å²) in [5.41, 5.74) is 1.14. The van der Waals surface area contributed by atoms with E-state index in [1.165, 1.54) is 11.0 Å². The van der Waals surface area contributed by atoms with Crippen LogP contribution >= 0.6 is 0 Å². The molecule has 1 aliphatic heterocycles. The summed E-state index contributed by atoms with van der Waals surface area (Å²) < 4.78 is 19.5. The van der Waals surface area contributed by atoms with Gasteiger partial charge in [-0.3, -0.25) is 9.59 Å². The van der Waals surface area contributed by atoms with Gasteiger partial charge in [-0.15, -0.1) is 0 Å². The molecule has 2 aromatic rings. The number of hydrogen-bond donors (Lipinski definition) is 1. The van der Waals surface area contributed by atoms with Gasteiger partial charge in [-0.05, 0) is 24.1 Å². The molecule has 1 unspecified atom stereocenters. The number of methoxy groups -OCH3 is 1. The van der Waals surface area contributed by atoms with E-state index in [4.69, 9.17) is 4.74 Å². The minimum Gasteiger partial charge on any atom is -0.496 e. The number of rotatable bonds is 5. The van der Waals surface area contributed by atoms with Crippen molar-refractivity contribution in [1.29, 1.82) is 0 Å². The van der Waals surface area contributed by atoms with E-state index in [1.807, 2.05) is 24.3 Å². The summed E-state index contributed by atoms with van der Waals surface area (Å²) in [6.07, 6.45) is 0.712. The SMILES string of the molecule is COc1ccccc1CCC(=O)N1CCNC(=O)C1c1ccccc1F. The van der Waals surface area contributed by atoms with Gasteiger partial charge in [0.1, 0.15) is 17.6 Å². The molecule has 0 aromatic heterocycles. The van der Waals surface area contributed by atoms with Crippen LogP contribution in [-0.2, 0) is 16.0 Å². The summed E-state index contributed by atoms with van der Waals surface area (Å²) in [6, 6.07) is 12.6. The second-order valence-corrected chi connectivity index (χ2v) is 6.11. The molecule has 3 rings (SSSR count). The number of carbonyl (C=O) groups is 2. The molecule has 1 atom stereocenters. The number of carbonyl (C=O) groups excluding carboxylic acids is 2. The highest BCUT2D eigenvalue weighted by Crippen LogP contribution is 2.27. The molecule has 6 heteroatoms. The zero-order valence-electron chi connectivity index (χ0n) is 14.6. The van der Waals surface area contributed by atoms with Gasteiger partial charge in [0, 0.05) is 25.1 Å². The maximum absolute atomic E-state index is 14.2. The number of amides is 2. The Bertz CT molecular complexity index is 809. The standard InChI is InChI=1S/C20H21FN2O3/c1-26-17-9-5-2-6-14(17)10-11-18(24)23-13-12-22-20(25)19(23)15-7-3-4-8-16(15)21/h2-9,19H,10-13H2,1H3,(H,22,25). The Balaban J connectivity index is 1.78. The van der Waals surface area contributed by atoms with Crippen molar-refractivity contribution < 1.29 is 18.7 Å². The van der Waals surface area contributed by atoms with Crippen LogP contribution in [0.2, 0.25) is 0 Å². The molecule has 2 aromatic carbocycles. The van der Waals surface area contributed by atoms with Crippen LogP contribution in [-0.4, -0.2) is 36.9 Å². The Hall–Kier alpha value is -2.89. The number of nitrogens with zero attached hydrogens (tertiary/aromatic N) is 1. The van der Waals surface area contributed by atoms with Crippen LogP contribution in [0.4, 0.5) is 4.39 Å². The van der Waals surface area contributed by atoms with Crippen molar-refractivity contribution in [2.24, 2.45) is 0 Å². The molecule has 5 nitrogen and oxygen atoms in total. The lowest BCUT2D eigenvalue weighted by atomic mass is 10.0. The van der Waals surface area contributed by atoms with Gasteiger partial charge in [-0.25, -0.2) is 4.39 Å². The molecule has 0 aliphatic carbocycles. The Morgan fingerprint density at radius 1 is 1.23 bits per heavy atom. The fourth-order valence-electron chi connectivity index (χ4n) is 3.24. The number of halogens is 1. The molecular weight excluding hydrogens is 335 g/mol. The van der Waals surface area contributed by atoms with E-state index in [2.05, 4.69) is 5.32 Å². The molecule has 0 spiro atoms. The van der Waals surface area contributed by atoms with E-state index in [1.54, 1.807) is 25.3 Å². The van der Waals surface area contributed by atoms with Crippen LogP contribution in [0.1, 0.15) is 23.6 Å². The first-order chi connectivity index (χ1) is 12.6. The smallest absolute Gasteiger partial charge is 0.247 e. The number of ether oxygens (including phenoxy) is 1. The lowest BCUT2D eigenvalue weighted by Gasteiger charge is -2.35. The Morgan fingerprint density at radius 2 is 1.96 bits per heavy atom. The molecule has 0 radical (unpaired) electrons. The summed E-state index contributed by atoms with van der Waals surface area (Å²) >= 11 is 0. The summed E-state index contributed by atoms with van der Waals surface area (Å²) in [7, 11) is 1.59. The number of nitrogens with one attached hydrogen (secondary N) is 1. The molecule has 0 saturated carbocycles. The first-order valence-corrected chi connectivity index (χ1v) is 8.55. The van der Waals surface area contributed by atoms with Crippen molar-refractivity contribution in [3.8, 4) is 5.75 Å². The average molecular weight is 356 g/mol. The number of para-hydroxylation sites is 1. The first-order valence-electron chi connectivity index (χ1n) is 8.55. The average Bonchev–Trinajstić information content (AvgIpc) is 2.67. The highest BCUT2D eigenvalue weighted by molar-refractivity contribution is 5.90. The van der Waals surface area contributed by atoms with Gasteiger partial charge in [-0.2, -0.15) is 0 Å². The number of piperazine rings is 1. The number of aryl methyl sites for hydroxylation is 1. The third-order valence-corrected chi connectivity index (χ3v) is 4.53. The largest absolute Gasteiger partial charge is 0.496 e. The van der Waals surface area contributed by atoms with E-state index >= 15 is 0 Å². The van der Waals surface area contributed by atoms with Crippen molar-refractivity contribution in [2.75, 3.05) is 20.2 Å². The van der Waals surface area contributed by atoms with Crippen LogP contribution < -0.4 is 10.1 Å². The van der Waals surface area contributed by atoms with Crippen LogP contribution in [0.25, 0.3) is 0 Å². The monoisotopic (exact) mass is 356 g/mol. The predicted molar refractivity (Wildman–Crippen MR) is 95.2 cm³/mol. The van der Waals surface area contributed by atoms with Crippen LogP contribution in [0, 0.1) is 5.82 Å². The van der Waals surface area contributed by atoms with E-state index in [9.17, 15) is 14.0 Å². The molecule has 1 heterocycles. The lowest BCUT2D eigenvalue weighted by molar-refractivity contribution is -0.143. The molecule has 2 amide bonds. The molecule has 1 saturated heterocycles. The molecule has 26 heavy (non-hydrogen) atoms. The fourth-order valence-corrected chi connectivity index (χ4v) is 3.24. The first kappa shape index (κ1) is 17.9. The van der Waals surface area contributed by atoms with Gasteiger partial charge in [-0.1, -0.05) is 36.4 Å². The topological polar surface area (TPSA) is 58.6 Å². The van der Waals surface area contributed by atoms with Crippen molar-refractivity contribution in [3.05, 3.63) is 65.5 Å². The normalized spacial score (nSPS) is 16.9.